The van der Waals surface area contributed by atoms with E-state index in [0.29, 0.717) is 13.2 Å². The number of piperazine rings is 1. The van der Waals surface area contributed by atoms with Gasteiger partial charge in [-0.25, -0.2) is 5.90 Å². The summed E-state index contributed by atoms with van der Waals surface area (Å²) in [6.45, 7) is 2.45. The van der Waals surface area contributed by atoms with Crippen LogP contribution in [0.3, 0.4) is 0 Å². The minimum atomic E-state index is 0.114. The number of rotatable bonds is 4. The molecule has 1 heterocycles. The molecule has 17 heavy (non-hydrogen) atoms. The molecule has 0 atom stereocenters. The van der Waals surface area contributed by atoms with Crippen LogP contribution in [0.5, 0.6) is 0 Å². The summed E-state index contributed by atoms with van der Waals surface area (Å²) in [6.07, 6.45) is 0.755. The number of carbonyl (C=O) groups is 1. The molecule has 1 saturated heterocycles. The first-order valence-corrected chi connectivity index (χ1v) is 5.73. The fourth-order valence-electron chi connectivity index (χ4n) is 1.94. The van der Waals surface area contributed by atoms with E-state index in [1.54, 1.807) is 0 Å². The van der Waals surface area contributed by atoms with Crippen LogP contribution >= 0.6 is 0 Å². The number of hydrogen-bond donors (Lipinski definition) is 2. The van der Waals surface area contributed by atoms with E-state index in [1.165, 1.54) is 0 Å². The summed E-state index contributed by atoms with van der Waals surface area (Å²) in [5.41, 5.74) is 2.07. The van der Waals surface area contributed by atoms with E-state index in [1.807, 2.05) is 29.2 Å². The van der Waals surface area contributed by atoms with Crippen molar-refractivity contribution < 1.29 is 9.63 Å². The molecule has 1 fully saturated rings. The lowest BCUT2D eigenvalue weighted by Crippen LogP contribution is -2.48. The van der Waals surface area contributed by atoms with Gasteiger partial charge in [0, 0.05) is 18.8 Å². The molecule has 1 aliphatic rings. The van der Waals surface area contributed by atoms with E-state index in [-0.39, 0.29) is 5.91 Å². The van der Waals surface area contributed by atoms with Crippen LogP contribution in [0.1, 0.15) is 5.56 Å². The Hall–Kier alpha value is -1.43. The molecule has 92 valence electrons. The van der Waals surface area contributed by atoms with Crippen LogP contribution in [-0.2, 0) is 16.1 Å². The van der Waals surface area contributed by atoms with E-state index >= 15 is 0 Å². The number of nitrogens with two attached hydrogens (primary N) is 1. The van der Waals surface area contributed by atoms with Gasteiger partial charge in [-0.15, -0.1) is 0 Å². The number of hydrogen-bond acceptors (Lipinski definition) is 4. The highest BCUT2D eigenvalue weighted by molar-refractivity contribution is 5.95. The number of amides is 1. The highest BCUT2D eigenvalue weighted by Gasteiger charge is 2.18. The van der Waals surface area contributed by atoms with Gasteiger partial charge in [-0.1, -0.05) is 12.1 Å². The fourth-order valence-corrected chi connectivity index (χ4v) is 1.94. The van der Waals surface area contributed by atoms with E-state index in [2.05, 4.69) is 10.2 Å². The Morgan fingerprint density at radius 3 is 3.12 bits per heavy atom. The van der Waals surface area contributed by atoms with E-state index in [0.717, 1.165) is 30.8 Å². The van der Waals surface area contributed by atoms with Crippen LogP contribution in [0.25, 0.3) is 0 Å². The highest BCUT2D eigenvalue weighted by atomic mass is 16.6. The molecule has 1 amide bonds. The summed E-state index contributed by atoms with van der Waals surface area (Å²) < 4.78 is 0. The van der Waals surface area contributed by atoms with Crippen LogP contribution < -0.4 is 16.1 Å². The molecular formula is C12H17N3O2. The van der Waals surface area contributed by atoms with Gasteiger partial charge in [-0.05, 0) is 24.1 Å². The molecule has 0 bridgehead atoms. The summed E-state index contributed by atoms with van der Waals surface area (Å²) in [5.74, 6) is 5.12. The maximum Gasteiger partial charge on any atom is 0.240 e. The van der Waals surface area contributed by atoms with Crippen LogP contribution in [0.2, 0.25) is 0 Å². The minimum absolute atomic E-state index is 0.114. The maximum atomic E-state index is 11.7. The number of benzene rings is 1. The first kappa shape index (κ1) is 12.0. The average Bonchev–Trinajstić information content (AvgIpc) is 2.37. The van der Waals surface area contributed by atoms with Gasteiger partial charge in [0.2, 0.25) is 5.91 Å². The topological polar surface area (TPSA) is 67.6 Å². The summed E-state index contributed by atoms with van der Waals surface area (Å²) >= 11 is 0. The standard InChI is InChI=1S/C12H17N3O2/c13-17-7-4-10-2-1-3-11(8-10)15-6-5-14-9-12(15)16/h1-3,8,14H,4-7,9,13H2. The largest absolute Gasteiger partial charge is 0.310 e. The van der Waals surface area contributed by atoms with Crippen LogP contribution in [0.4, 0.5) is 5.69 Å². The summed E-state index contributed by atoms with van der Waals surface area (Å²) in [4.78, 5) is 18.1. The zero-order chi connectivity index (χ0) is 12.1. The van der Waals surface area contributed by atoms with E-state index in [4.69, 9.17) is 5.90 Å². The van der Waals surface area contributed by atoms with Gasteiger partial charge in [-0.3, -0.25) is 4.79 Å². The Bertz CT molecular complexity index is 395. The van der Waals surface area contributed by atoms with Crippen molar-refractivity contribution in [2.24, 2.45) is 5.90 Å². The SMILES string of the molecule is NOCCc1cccc(N2CCNCC2=O)c1. The van der Waals surface area contributed by atoms with Gasteiger partial charge in [-0.2, -0.15) is 0 Å². The summed E-state index contributed by atoms with van der Waals surface area (Å²) in [6, 6.07) is 7.93. The molecule has 0 spiro atoms. The van der Waals surface area contributed by atoms with Gasteiger partial charge >= 0.3 is 0 Å². The molecule has 0 saturated carbocycles. The van der Waals surface area contributed by atoms with Gasteiger partial charge in [0.1, 0.15) is 0 Å². The smallest absolute Gasteiger partial charge is 0.240 e. The summed E-state index contributed by atoms with van der Waals surface area (Å²) in [7, 11) is 0. The van der Waals surface area contributed by atoms with Crippen molar-refractivity contribution in [2.75, 3.05) is 31.1 Å². The van der Waals surface area contributed by atoms with Crippen molar-refractivity contribution in [3.05, 3.63) is 29.8 Å². The van der Waals surface area contributed by atoms with E-state index < -0.39 is 0 Å². The Labute approximate surface area is 100 Å². The van der Waals surface area contributed by atoms with Gasteiger partial charge in [0.25, 0.3) is 0 Å². The lowest BCUT2D eigenvalue weighted by molar-refractivity contribution is -0.118. The monoisotopic (exact) mass is 235 g/mol. The molecule has 3 N–H and O–H groups in total. The first-order chi connectivity index (χ1) is 8.31. The zero-order valence-corrected chi connectivity index (χ0v) is 9.69. The predicted octanol–water partition coefficient (Wildman–Crippen LogP) is 0.0556. The lowest BCUT2D eigenvalue weighted by Gasteiger charge is -2.27. The number of anilines is 1. The molecule has 0 aromatic heterocycles. The Balaban J connectivity index is 2.11. The van der Waals surface area contributed by atoms with Crippen molar-refractivity contribution in [1.82, 2.24) is 5.32 Å². The van der Waals surface area contributed by atoms with Gasteiger partial charge in [0.05, 0.1) is 13.2 Å². The average molecular weight is 235 g/mol. The predicted molar refractivity (Wildman–Crippen MR) is 65.5 cm³/mol. The molecule has 1 aromatic rings. The molecule has 5 heteroatoms. The summed E-state index contributed by atoms with van der Waals surface area (Å²) in [5, 5.41) is 3.06. The lowest BCUT2D eigenvalue weighted by atomic mass is 10.1. The molecule has 1 aromatic carbocycles. The van der Waals surface area contributed by atoms with Gasteiger partial charge in [0.15, 0.2) is 0 Å². The highest BCUT2D eigenvalue weighted by Crippen LogP contribution is 2.17. The molecular weight excluding hydrogens is 218 g/mol. The van der Waals surface area contributed by atoms with Crippen molar-refractivity contribution in [3.63, 3.8) is 0 Å². The zero-order valence-electron chi connectivity index (χ0n) is 9.69. The van der Waals surface area contributed by atoms with Gasteiger partial charge < -0.3 is 15.1 Å². The van der Waals surface area contributed by atoms with Crippen molar-refractivity contribution in [3.8, 4) is 0 Å². The maximum absolute atomic E-state index is 11.7. The van der Waals surface area contributed by atoms with Crippen molar-refractivity contribution in [1.29, 1.82) is 0 Å². The molecule has 5 nitrogen and oxygen atoms in total. The molecule has 0 aliphatic carbocycles. The Kier molecular flexibility index (Phi) is 4.08. The molecule has 0 radical (unpaired) electrons. The second-order valence-electron chi connectivity index (χ2n) is 4.01. The van der Waals surface area contributed by atoms with Crippen LogP contribution in [-0.4, -0.2) is 32.1 Å². The quantitative estimate of drug-likeness (QED) is 0.724. The third-order valence-electron chi connectivity index (χ3n) is 2.82. The van der Waals surface area contributed by atoms with Crippen LogP contribution in [0, 0.1) is 0 Å². The second kappa shape index (κ2) is 5.77. The number of nitrogens with one attached hydrogen (secondary N) is 1. The normalized spacial score (nSPS) is 16.3. The van der Waals surface area contributed by atoms with E-state index in [9.17, 15) is 4.79 Å². The number of nitrogens with zero attached hydrogens (tertiary/aromatic N) is 1. The van der Waals surface area contributed by atoms with Crippen LogP contribution in [0.15, 0.2) is 24.3 Å². The second-order valence-corrected chi connectivity index (χ2v) is 4.01. The first-order valence-electron chi connectivity index (χ1n) is 5.73. The number of carbonyl (C=O) groups excluding carboxylic acids is 1. The van der Waals surface area contributed by atoms with Crippen molar-refractivity contribution >= 4 is 11.6 Å². The minimum Gasteiger partial charge on any atom is -0.310 e. The van der Waals surface area contributed by atoms with Crippen molar-refractivity contribution in [2.45, 2.75) is 6.42 Å². The Morgan fingerprint density at radius 2 is 2.35 bits per heavy atom. The Morgan fingerprint density at radius 1 is 1.47 bits per heavy atom. The molecule has 1 aliphatic heterocycles. The third kappa shape index (κ3) is 3.03. The third-order valence-corrected chi connectivity index (χ3v) is 2.82. The molecule has 2 rings (SSSR count). The molecule has 0 unspecified atom stereocenters. The fraction of sp³-hybridized carbons (Fsp3) is 0.417.